The third-order valence-corrected chi connectivity index (χ3v) is 5.25. The third kappa shape index (κ3) is 2.91. The largest absolute Gasteiger partial charge is 0.486 e. The van der Waals surface area contributed by atoms with Crippen molar-refractivity contribution in [1.29, 1.82) is 0 Å². The number of aromatic nitrogens is 1. The first-order valence-corrected chi connectivity index (χ1v) is 8.70. The maximum atomic E-state index is 12.4. The highest BCUT2D eigenvalue weighted by Gasteiger charge is 2.21. The molecule has 0 spiro atoms. The number of fused-ring (bicyclic) bond motifs is 2. The number of ether oxygens (including phenoxy) is 2. The molecule has 0 fully saturated rings. The van der Waals surface area contributed by atoms with Crippen LogP contribution in [0.3, 0.4) is 0 Å². The summed E-state index contributed by atoms with van der Waals surface area (Å²) in [4.78, 5) is 18.3. The minimum atomic E-state index is -0.166. The summed E-state index contributed by atoms with van der Waals surface area (Å²) in [5.41, 5.74) is 1.70. The van der Waals surface area contributed by atoms with Crippen LogP contribution in [0.5, 0.6) is 11.5 Å². The fourth-order valence-electron chi connectivity index (χ4n) is 2.95. The van der Waals surface area contributed by atoms with Crippen molar-refractivity contribution in [2.45, 2.75) is 26.2 Å². The van der Waals surface area contributed by atoms with Gasteiger partial charge in [-0.15, -0.1) is 11.3 Å². The molecule has 1 unspecified atom stereocenters. The minimum Gasteiger partial charge on any atom is -0.486 e. The number of anilines is 1. The molecule has 0 radical (unpaired) electrons. The molecule has 6 heteroatoms. The van der Waals surface area contributed by atoms with Gasteiger partial charge in [0.2, 0.25) is 0 Å². The number of benzene rings is 1. The van der Waals surface area contributed by atoms with Gasteiger partial charge in [-0.3, -0.25) is 10.1 Å². The number of carbonyl (C=O) groups is 1. The molecule has 1 atom stereocenters. The van der Waals surface area contributed by atoms with E-state index in [-0.39, 0.29) is 5.91 Å². The van der Waals surface area contributed by atoms with Crippen LogP contribution in [0.25, 0.3) is 0 Å². The van der Waals surface area contributed by atoms with Gasteiger partial charge in [0.25, 0.3) is 5.91 Å². The number of amides is 1. The van der Waals surface area contributed by atoms with E-state index in [1.54, 1.807) is 29.5 Å². The highest BCUT2D eigenvalue weighted by molar-refractivity contribution is 7.15. The van der Waals surface area contributed by atoms with E-state index in [0.717, 1.165) is 18.5 Å². The number of hydrogen-bond acceptors (Lipinski definition) is 5. The summed E-state index contributed by atoms with van der Waals surface area (Å²) >= 11 is 1.59. The van der Waals surface area contributed by atoms with Gasteiger partial charge < -0.3 is 9.47 Å². The molecule has 0 saturated heterocycles. The lowest BCUT2D eigenvalue weighted by atomic mass is 9.93. The molecule has 1 aromatic carbocycles. The molecule has 1 N–H and O–H groups in total. The quantitative estimate of drug-likeness (QED) is 0.918. The van der Waals surface area contributed by atoms with Gasteiger partial charge in [-0.2, -0.15) is 0 Å². The Labute approximate surface area is 138 Å². The average molecular weight is 330 g/mol. The van der Waals surface area contributed by atoms with Crippen molar-refractivity contribution in [3.05, 3.63) is 34.3 Å². The van der Waals surface area contributed by atoms with Crippen LogP contribution < -0.4 is 14.8 Å². The van der Waals surface area contributed by atoms with Crippen molar-refractivity contribution < 1.29 is 14.3 Å². The highest BCUT2D eigenvalue weighted by Crippen LogP contribution is 2.33. The molecule has 5 nitrogen and oxygen atoms in total. The number of aryl methyl sites for hydroxylation is 1. The van der Waals surface area contributed by atoms with E-state index >= 15 is 0 Å². The fourth-order valence-corrected chi connectivity index (χ4v) is 4.11. The smallest absolute Gasteiger partial charge is 0.257 e. The first kappa shape index (κ1) is 14.5. The number of nitrogens with zero attached hydrogens (tertiary/aromatic N) is 1. The van der Waals surface area contributed by atoms with Crippen LogP contribution in [0.4, 0.5) is 5.13 Å². The summed E-state index contributed by atoms with van der Waals surface area (Å²) in [5.74, 6) is 1.84. The third-order valence-electron chi connectivity index (χ3n) is 4.21. The summed E-state index contributed by atoms with van der Waals surface area (Å²) in [6.45, 7) is 3.31. The Kier molecular flexibility index (Phi) is 3.69. The first-order valence-electron chi connectivity index (χ1n) is 7.88. The van der Waals surface area contributed by atoms with Crippen LogP contribution in [0.2, 0.25) is 0 Å². The van der Waals surface area contributed by atoms with Gasteiger partial charge in [-0.1, -0.05) is 6.92 Å². The highest BCUT2D eigenvalue weighted by atomic mass is 32.1. The summed E-state index contributed by atoms with van der Waals surface area (Å²) in [7, 11) is 0. The Morgan fingerprint density at radius 3 is 3.00 bits per heavy atom. The zero-order valence-electron chi connectivity index (χ0n) is 12.9. The molecule has 1 aliphatic carbocycles. The second kappa shape index (κ2) is 5.85. The van der Waals surface area contributed by atoms with Crippen molar-refractivity contribution >= 4 is 22.4 Å². The van der Waals surface area contributed by atoms with Crippen molar-refractivity contribution in [3.63, 3.8) is 0 Å². The van der Waals surface area contributed by atoms with Crippen LogP contribution in [0.1, 0.15) is 34.3 Å². The molecule has 1 amide bonds. The van der Waals surface area contributed by atoms with Crippen LogP contribution in [0, 0.1) is 5.92 Å². The van der Waals surface area contributed by atoms with E-state index in [9.17, 15) is 4.79 Å². The van der Waals surface area contributed by atoms with Crippen LogP contribution >= 0.6 is 11.3 Å². The predicted molar refractivity (Wildman–Crippen MR) is 88.7 cm³/mol. The molecule has 23 heavy (non-hydrogen) atoms. The van der Waals surface area contributed by atoms with Crippen LogP contribution in [0.15, 0.2) is 18.2 Å². The molecule has 4 rings (SSSR count). The van der Waals surface area contributed by atoms with E-state index in [1.807, 2.05) is 0 Å². The number of rotatable bonds is 2. The van der Waals surface area contributed by atoms with E-state index in [2.05, 4.69) is 17.2 Å². The lowest BCUT2D eigenvalue weighted by Crippen LogP contribution is -2.17. The molecule has 120 valence electrons. The lowest BCUT2D eigenvalue weighted by molar-refractivity contribution is 0.102. The van der Waals surface area contributed by atoms with E-state index in [0.29, 0.717) is 41.3 Å². The number of thiazole rings is 1. The van der Waals surface area contributed by atoms with E-state index in [4.69, 9.17) is 9.47 Å². The first-order chi connectivity index (χ1) is 11.2. The summed E-state index contributed by atoms with van der Waals surface area (Å²) in [6, 6.07) is 5.25. The molecule has 1 aliphatic heterocycles. The van der Waals surface area contributed by atoms with Crippen LogP contribution in [-0.4, -0.2) is 24.1 Å². The molecular formula is C17H18N2O3S. The summed E-state index contributed by atoms with van der Waals surface area (Å²) < 4.78 is 11.0. The zero-order chi connectivity index (χ0) is 15.8. The number of hydrogen-bond donors (Lipinski definition) is 1. The Bertz CT molecular complexity index is 756. The Morgan fingerprint density at radius 2 is 2.13 bits per heavy atom. The minimum absolute atomic E-state index is 0.166. The van der Waals surface area contributed by atoms with E-state index in [1.165, 1.54) is 11.3 Å². The SMILES string of the molecule is CC1CCc2nc(NC(=O)c3ccc4c(c3)OCCO4)sc2C1. The number of carbonyl (C=O) groups excluding carboxylic acids is 1. The monoisotopic (exact) mass is 330 g/mol. The van der Waals surface area contributed by atoms with Gasteiger partial charge in [0.05, 0.1) is 5.69 Å². The lowest BCUT2D eigenvalue weighted by Gasteiger charge is -2.18. The average Bonchev–Trinajstić information content (AvgIpc) is 2.95. The predicted octanol–water partition coefficient (Wildman–Crippen LogP) is 3.29. The van der Waals surface area contributed by atoms with Gasteiger partial charge in [-0.25, -0.2) is 4.98 Å². The van der Waals surface area contributed by atoms with Gasteiger partial charge in [-0.05, 0) is 43.4 Å². The zero-order valence-corrected chi connectivity index (χ0v) is 13.7. The summed E-state index contributed by atoms with van der Waals surface area (Å²) in [5, 5.41) is 3.59. The molecule has 0 bridgehead atoms. The van der Waals surface area contributed by atoms with Gasteiger partial charge in [0.1, 0.15) is 13.2 Å². The molecule has 2 aliphatic rings. The van der Waals surface area contributed by atoms with Crippen LogP contribution in [-0.2, 0) is 12.8 Å². The molecule has 2 heterocycles. The summed E-state index contributed by atoms with van der Waals surface area (Å²) in [6.07, 6.45) is 3.24. The fraction of sp³-hybridized carbons (Fsp3) is 0.412. The molecule has 0 saturated carbocycles. The normalized spacial score (nSPS) is 19.1. The second-order valence-corrected chi connectivity index (χ2v) is 7.13. The number of nitrogens with one attached hydrogen (secondary N) is 1. The molecule has 2 aromatic rings. The second-order valence-electron chi connectivity index (χ2n) is 6.05. The van der Waals surface area contributed by atoms with Crippen molar-refractivity contribution in [2.24, 2.45) is 5.92 Å². The molecule has 1 aromatic heterocycles. The van der Waals surface area contributed by atoms with Crippen molar-refractivity contribution in [2.75, 3.05) is 18.5 Å². The van der Waals surface area contributed by atoms with Gasteiger partial charge >= 0.3 is 0 Å². The molecular weight excluding hydrogens is 312 g/mol. The Balaban J connectivity index is 1.52. The van der Waals surface area contributed by atoms with Gasteiger partial charge in [0, 0.05) is 10.4 Å². The standard InChI is InChI=1S/C17H18N2O3S/c1-10-2-4-12-15(8-10)23-17(18-12)19-16(20)11-3-5-13-14(9-11)22-7-6-21-13/h3,5,9-10H,2,4,6-8H2,1H3,(H,18,19,20). The van der Waals surface area contributed by atoms with E-state index < -0.39 is 0 Å². The van der Waals surface area contributed by atoms with Crippen molar-refractivity contribution in [3.8, 4) is 11.5 Å². The Morgan fingerprint density at radius 1 is 1.30 bits per heavy atom. The maximum absolute atomic E-state index is 12.4. The topological polar surface area (TPSA) is 60.5 Å². The Hall–Kier alpha value is -2.08. The maximum Gasteiger partial charge on any atom is 0.257 e. The van der Waals surface area contributed by atoms with Crippen molar-refractivity contribution in [1.82, 2.24) is 4.98 Å². The van der Waals surface area contributed by atoms with Gasteiger partial charge in [0.15, 0.2) is 16.6 Å².